The zero-order chi connectivity index (χ0) is 19.7. The van der Waals surface area contributed by atoms with Gasteiger partial charge < -0.3 is 19.8 Å². The van der Waals surface area contributed by atoms with E-state index in [1.54, 1.807) is 7.11 Å². The van der Waals surface area contributed by atoms with Gasteiger partial charge in [0.2, 0.25) is 0 Å². The number of carbonyl (C=O) groups is 1. The Labute approximate surface area is 165 Å². The molecule has 1 fully saturated rings. The normalized spacial score (nSPS) is 21.0. The van der Waals surface area contributed by atoms with Gasteiger partial charge in [-0.25, -0.2) is 0 Å². The van der Waals surface area contributed by atoms with Gasteiger partial charge in [0.05, 0.1) is 18.8 Å². The highest BCUT2D eigenvalue weighted by Gasteiger charge is 2.29. The van der Waals surface area contributed by atoms with Gasteiger partial charge in [0.25, 0.3) is 5.91 Å². The first-order valence-electron chi connectivity index (χ1n) is 10.2. The molecule has 5 nitrogen and oxygen atoms in total. The van der Waals surface area contributed by atoms with Crippen LogP contribution in [0.4, 0.5) is 5.69 Å². The molecule has 3 atom stereocenters. The quantitative estimate of drug-likeness (QED) is 0.700. The van der Waals surface area contributed by atoms with Crippen LogP contribution in [0, 0.1) is 5.92 Å². The summed E-state index contributed by atoms with van der Waals surface area (Å²) >= 11 is 0. The van der Waals surface area contributed by atoms with Gasteiger partial charge in [0.1, 0.15) is 16.9 Å². The van der Waals surface area contributed by atoms with Gasteiger partial charge in [-0.1, -0.05) is 31.5 Å². The molecule has 0 aliphatic heterocycles. The van der Waals surface area contributed by atoms with Crippen LogP contribution in [0.3, 0.4) is 0 Å². The van der Waals surface area contributed by atoms with Crippen molar-refractivity contribution in [1.82, 2.24) is 0 Å². The van der Waals surface area contributed by atoms with Crippen molar-refractivity contribution in [3.63, 3.8) is 0 Å². The van der Waals surface area contributed by atoms with Gasteiger partial charge >= 0.3 is 0 Å². The summed E-state index contributed by atoms with van der Waals surface area (Å²) in [5, 5.41) is 7.30. The molecule has 28 heavy (non-hydrogen) atoms. The number of quaternary nitrogens is 1. The van der Waals surface area contributed by atoms with E-state index in [0.717, 1.165) is 21.9 Å². The average molecular weight is 381 g/mol. The SMILES string of the molecule is COc1cc2c(cc1NC(=O)[C@H](C)[NH2+][C@@H]1CCCC[C@@H]1C)oc1ccccc12. The fourth-order valence-corrected chi connectivity index (χ4v) is 4.35. The maximum absolute atomic E-state index is 12.8. The summed E-state index contributed by atoms with van der Waals surface area (Å²) in [6.07, 6.45) is 5.01. The number of methoxy groups -OCH3 is 1. The van der Waals surface area contributed by atoms with Crippen molar-refractivity contribution in [3.05, 3.63) is 36.4 Å². The summed E-state index contributed by atoms with van der Waals surface area (Å²) in [4.78, 5) is 12.8. The largest absolute Gasteiger partial charge is 0.495 e. The van der Waals surface area contributed by atoms with Crippen LogP contribution < -0.4 is 15.4 Å². The number of amides is 1. The number of rotatable bonds is 5. The highest BCUT2D eigenvalue weighted by atomic mass is 16.5. The third kappa shape index (κ3) is 3.59. The minimum absolute atomic E-state index is 0.00784. The molecule has 2 aromatic carbocycles. The number of fused-ring (bicyclic) bond motifs is 3. The van der Waals surface area contributed by atoms with Gasteiger partial charge in [-0.2, -0.15) is 0 Å². The van der Waals surface area contributed by atoms with Gasteiger partial charge in [0.15, 0.2) is 6.04 Å². The molecule has 1 aliphatic rings. The minimum atomic E-state index is -0.151. The first-order chi connectivity index (χ1) is 13.6. The van der Waals surface area contributed by atoms with Gasteiger partial charge in [-0.15, -0.1) is 0 Å². The Hall–Kier alpha value is -2.53. The molecule has 0 saturated heterocycles. The predicted octanol–water partition coefficient (Wildman–Crippen LogP) is 4.06. The van der Waals surface area contributed by atoms with Gasteiger partial charge in [-0.05, 0) is 38.3 Å². The van der Waals surface area contributed by atoms with Crippen LogP contribution in [0.25, 0.3) is 21.9 Å². The number of para-hydroxylation sites is 1. The van der Waals surface area contributed by atoms with Gasteiger partial charge in [-0.3, -0.25) is 4.79 Å². The van der Waals surface area contributed by atoms with Crippen LogP contribution >= 0.6 is 0 Å². The van der Waals surface area contributed by atoms with Crippen LogP contribution in [0.1, 0.15) is 39.5 Å². The number of hydrogen-bond donors (Lipinski definition) is 2. The van der Waals surface area contributed by atoms with E-state index in [1.807, 2.05) is 43.3 Å². The molecule has 3 N–H and O–H groups in total. The lowest BCUT2D eigenvalue weighted by molar-refractivity contribution is -0.714. The van der Waals surface area contributed by atoms with Crippen molar-refractivity contribution in [2.24, 2.45) is 5.92 Å². The molecule has 0 radical (unpaired) electrons. The maximum atomic E-state index is 12.8. The van der Waals surface area contributed by atoms with E-state index in [1.165, 1.54) is 25.7 Å². The first-order valence-corrected chi connectivity index (χ1v) is 10.2. The van der Waals surface area contributed by atoms with Crippen molar-refractivity contribution < 1.29 is 19.3 Å². The Kier molecular flexibility index (Phi) is 5.27. The zero-order valence-corrected chi connectivity index (χ0v) is 16.8. The van der Waals surface area contributed by atoms with Crippen LogP contribution in [-0.4, -0.2) is 25.1 Å². The minimum Gasteiger partial charge on any atom is -0.495 e. The fourth-order valence-electron chi connectivity index (χ4n) is 4.35. The molecule has 0 unspecified atom stereocenters. The molecule has 1 saturated carbocycles. The Morgan fingerprint density at radius 2 is 1.96 bits per heavy atom. The van der Waals surface area contributed by atoms with E-state index in [9.17, 15) is 4.79 Å². The summed E-state index contributed by atoms with van der Waals surface area (Å²) in [5.74, 6) is 1.29. The van der Waals surface area contributed by atoms with Crippen LogP contribution in [0.15, 0.2) is 40.8 Å². The number of anilines is 1. The molecule has 0 bridgehead atoms. The van der Waals surface area contributed by atoms with Crippen molar-refractivity contribution in [1.29, 1.82) is 0 Å². The number of furan rings is 1. The fraction of sp³-hybridized carbons (Fsp3) is 0.435. The summed E-state index contributed by atoms with van der Waals surface area (Å²) in [7, 11) is 1.62. The van der Waals surface area contributed by atoms with Crippen LogP contribution in [0.5, 0.6) is 5.75 Å². The Balaban J connectivity index is 1.56. The number of nitrogens with two attached hydrogens (primary N) is 1. The van der Waals surface area contributed by atoms with Crippen molar-refractivity contribution >= 4 is 33.5 Å². The Morgan fingerprint density at radius 1 is 1.18 bits per heavy atom. The Morgan fingerprint density at radius 3 is 2.75 bits per heavy atom. The molecule has 0 spiro atoms. The molecular formula is C23H29N2O3+. The van der Waals surface area contributed by atoms with E-state index in [-0.39, 0.29) is 11.9 Å². The lowest BCUT2D eigenvalue weighted by Crippen LogP contribution is -2.97. The highest BCUT2D eigenvalue weighted by molar-refractivity contribution is 6.08. The zero-order valence-electron chi connectivity index (χ0n) is 16.8. The first kappa shape index (κ1) is 18.8. The second-order valence-electron chi connectivity index (χ2n) is 8.04. The summed E-state index contributed by atoms with van der Waals surface area (Å²) in [6, 6.07) is 12.1. The highest BCUT2D eigenvalue weighted by Crippen LogP contribution is 2.36. The number of carbonyl (C=O) groups excluding carboxylic acids is 1. The number of hydrogen-bond acceptors (Lipinski definition) is 3. The van der Waals surface area contributed by atoms with Crippen molar-refractivity contribution in [2.75, 3.05) is 12.4 Å². The number of benzene rings is 2. The average Bonchev–Trinajstić information content (AvgIpc) is 3.06. The van der Waals surface area contributed by atoms with Crippen LogP contribution in [0.2, 0.25) is 0 Å². The molecule has 148 valence electrons. The topological polar surface area (TPSA) is 68.1 Å². The molecule has 5 heteroatoms. The number of ether oxygens (including phenoxy) is 1. The molecule has 1 amide bonds. The molecule has 4 rings (SSSR count). The van der Waals surface area contributed by atoms with E-state index in [2.05, 4.69) is 17.6 Å². The van der Waals surface area contributed by atoms with E-state index in [0.29, 0.717) is 23.4 Å². The summed E-state index contributed by atoms with van der Waals surface area (Å²) in [6.45, 7) is 4.27. The molecule has 3 aromatic rings. The molecule has 1 aliphatic carbocycles. The standard InChI is InChI=1S/C23H28N2O3/c1-14-8-4-6-10-18(14)24-15(2)23(26)25-19-13-21-17(12-22(19)27-3)16-9-5-7-11-20(16)28-21/h5,7,9,11-15,18,24H,4,6,8,10H2,1-3H3,(H,25,26)/p+1/t14-,15-,18+/m0/s1. The lowest BCUT2D eigenvalue weighted by Gasteiger charge is -2.28. The molecule has 1 heterocycles. The number of nitrogens with one attached hydrogen (secondary N) is 1. The lowest BCUT2D eigenvalue weighted by atomic mass is 9.85. The molecule has 1 aromatic heterocycles. The van der Waals surface area contributed by atoms with Gasteiger partial charge in [0, 0.05) is 22.8 Å². The smallest absolute Gasteiger partial charge is 0.282 e. The third-order valence-corrected chi connectivity index (χ3v) is 6.08. The monoisotopic (exact) mass is 381 g/mol. The second kappa shape index (κ2) is 7.84. The summed E-state index contributed by atoms with van der Waals surface area (Å²) in [5.41, 5.74) is 2.22. The maximum Gasteiger partial charge on any atom is 0.282 e. The predicted molar refractivity (Wildman–Crippen MR) is 112 cm³/mol. The molecular weight excluding hydrogens is 352 g/mol. The van der Waals surface area contributed by atoms with E-state index < -0.39 is 0 Å². The summed E-state index contributed by atoms with van der Waals surface area (Å²) < 4.78 is 11.5. The van der Waals surface area contributed by atoms with Crippen molar-refractivity contribution in [3.8, 4) is 5.75 Å². The van der Waals surface area contributed by atoms with E-state index in [4.69, 9.17) is 9.15 Å². The van der Waals surface area contributed by atoms with Crippen LogP contribution in [-0.2, 0) is 4.79 Å². The van der Waals surface area contributed by atoms with E-state index >= 15 is 0 Å². The third-order valence-electron chi connectivity index (χ3n) is 6.08. The second-order valence-corrected chi connectivity index (χ2v) is 8.04. The van der Waals surface area contributed by atoms with Crippen molar-refractivity contribution in [2.45, 2.75) is 51.6 Å². The Bertz CT molecular complexity index is 994.